The van der Waals surface area contributed by atoms with Gasteiger partial charge in [-0.2, -0.15) is 0 Å². The van der Waals surface area contributed by atoms with Crippen LogP contribution in [-0.2, 0) is 17.2 Å². The second kappa shape index (κ2) is 5.36. The third-order valence-electron chi connectivity index (χ3n) is 2.59. The predicted molar refractivity (Wildman–Crippen MR) is 64.9 cm³/mol. The van der Waals surface area contributed by atoms with Gasteiger partial charge in [-0.3, -0.25) is 4.21 Å². The van der Waals surface area contributed by atoms with E-state index in [-0.39, 0.29) is 0 Å². The van der Waals surface area contributed by atoms with E-state index in [4.69, 9.17) is 5.73 Å². The van der Waals surface area contributed by atoms with Gasteiger partial charge in [0.2, 0.25) is 5.95 Å². The molecular formula is C10H16N4OS. The first-order chi connectivity index (χ1) is 7.79. The highest BCUT2D eigenvalue weighted by Gasteiger charge is 2.17. The van der Waals surface area contributed by atoms with Gasteiger partial charge in [0.25, 0.3) is 0 Å². The first kappa shape index (κ1) is 11.5. The van der Waals surface area contributed by atoms with E-state index in [9.17, 15) is 4.21 Å². The molecule has 0 bridgehead atoms. The summed E-state index contributed by atoms with van der Waals surface area (Å²) in [5, 5.41) is 0. The number of nitrogens with zero attached hydrogens (tertiary/aromatic N) is 3. The summed E-state index contributed by atoms with van der Waals surface area (Å²) in [5.41, 5.74) is 6.52. The van der Waals surface area contributed by atoms with Gasteiger partial charge in [-0.1, -0.05) is 0 Å². The molecule has 0 saturated carbocycles. The van der Waals surface area contributed by atoms with Crippen molar-refractivity contribution in [1.82, 2.24) is 9.97 Å². The van der Waals surface area contributed by atoms with Crippen LogP contribution in [0.15, 0.2) is 12.4 Å². The summed E-state index contributed by atoms with van der Waals surface area (Å²) in [4.78, 5) is 10.7. The van der Waals surface area contributed by atoms with Crippen LogP contribution in [0.25, 0.3) is 0 Å². The number of rotatable bonds is 3. The average Bonchev–Trinajstić information content (AvgIpc) is 2.32. The molecular weight excluding hydrogens is 224 g/mol. The Bertz CT molecular complexity index is 358. The molecule has 0 unspecified atom stereocenters. The zero-order chi connectivity index (χ0) is 11.4. The highest BCUT2D eigenvalue weighted by molar-refractivity contribution is 7.85. The SMILES string of the molecule is NCCc1cnc(N2CCS(=O)CC2)nc1. The van der Waals surface area contributed by atoms with Crippen LogP contribution >= 0.6 is 0 Å². The van der Waals surface area contributed by atoms with Crippen molar-refractivity contribution in [3.05, 3.63) is 18.0 Å². The summed E-state index contributed by atoms with van der Waals surface area (Å²) >= 11 is 0. The van der Waals surface area contributed by atoms with Crippen LogP contribution in [0.4, 0.5) is 5.95 Å². The standard InChI is InChI=1S/C10H16N4OS/c11-2-1-9-7-12-10(13-8-9)14-3-5-16(15)6-4-14/h7-8H,1-6,11H2. The summed E-state index contributed by atoms with van der Waals surface area (Å²) in [6.45, 7) is 2.18. The quantitative estimate of drug-likeness (QED) is 0.774. The molecule has 6 heteroatoms. The maximum absolute atomic E-state index is 11.2. The van der Waals surface area contributed by atoms with E-state index < -0.39 is 10.8 Å². The molecule has 0 radical (unpaired) electrons. The molecule has 2 rings (SSSR count). The number of hydrogen-bond donors (Lipinski definition) is 1. The lowest BCUT2D eigenvalue weighted by molar-refractivity contribution is 0.671. The van der Waals surface area contributed by atoms with Gasteiger partial charge in [0, 0.05) is 47.8 Å². The van der Waals surface area contributed by atoms with Gasteiger partial charge in [0.15, 0.2) is 0 Å². The molecule has 0 aliphatic carbocycles. The topological polar surface area (TPSA) is 72.1 Å². The number of hydrogen-bond acceptors (Lipinski definition) is 5. The van der Waals surface area contributed by atoms with Crippen molar-refractivity contribution >= 4 is 16.7 Å². The minimum atomic E-state index is -0.656. The van der Waals surface area contributed by atoms with E-state index in [1.54, 1.807) is 0 Å². The van der Waals surface area contributed by atoms with E-state index in [1.165, 1.54) is 0 Å². The van der Waals surface area contributed by atoms with Crippen molar-refractivity contribution in [3.63, 3.8) is 0 Å². The minimum absolute atomic E-state index is 0.616. The van der Waals surface area contributed by atoms with Crippen LogP contribution < -0.4 is 10.6 Å². The lowest BCUT2D eigenvalue weighted by atomic mass is 10.2. The highest BCUT2D eigenvalue weighted by Crippen LogP contribution is 2.10. The highest BCUT2D eigenvalue weighted by atomic mass is 32.2. The van der Waals surface area contributed by atoms with Crippen molar-refractivity contribution in [3.8, 4) is 0 Å². The summed E-state index contributed by atoms with van der Waals surface area (Å²) in [7, 11) is -0.656. The largest absolute Gasteiger partial charge is 0.339 e. The smallest absolute Gasteiger partial charge is 0.225 e. The Morgan fingerprint density at radius 2 is 1.94 bits per heavy atom. The summed E-state index contributed by atoms with van der Waals surface area (Å²) in [5.74, 6) is 2.17. The van der Waals surface area contributed by atoms with Crippen molar-refractivity contribution in [1.29, 1.82) is 0 Å². The van der Waals surface area contributed by atoms with Crippen molar-refractivity contribution in [2.24, 2.45) is 5.73 Å². The zero-order valence-electron chi connectivity index (χ0n) is 9.13. The first-order valence-electron chi connectivity index (χ1n) is 5.40. The van der Waals surface area contributed by atoms with Gasteiger partial charge in [-0.15, -0.1) is 0 Å². The van der Waals surface area contributed by atoms with E-state index in [0.717, 1.165) is 31.0 Å². The molecule has 2 heterocycles. The monoisotopic (exact) mass is 240 g/mol. The van der Waals surface area contributed by atoms with E-state index in [0.29, 0.717) is 18.1 Å². The normalized spacial score (nSPS) is 17.7. The molecule has 1 aliphatic rings. The molecule has 0 aromatic carbocycles. The van der Waals surface area contributed by atoms with Crippen LogP contribution in [0.5, 0.6) is 0 Å². The van der Waals surface area contributed by atoms with Crippen LogP contribution in [0.1, 0.15) is 5.56 Å². The van der Waals surface area contributed by atoms with E-state index in [1.807, 2.05) is 12.4 Å². The summed E-state index contributed by atoms with van der Waals surface area (Å²) in [6, 6.07) is 0. The van der Waals surface area contributed by atoms with Gasteiger partial charge in [-0.25, -0.2) is 9.97 Å². The van der Waals surface area contributed by atoms with Gasteiger partial charge in [0.1, 0.15) is 0 Å². The molecule has 5 nitrogen and oxygen atoms in total. The Morgan fingerprint density at radius 1 is 1.31 bits per heavy atom. The summed E-state index contributed by atoms with van der Waals surface area (Å²) < 4.78 is 11.2. The van der Waals surface area contributed by atoms with Crippen LogP contribution in [0, 0.1) is 0 Å². The van der Waals surface area contributed by atoms with E-state index in [2.05, 4.69) is 14.9 Å². The molecule has 1 saturated heterocycles. The van der Waals surface area contributed by atoms with Crippen molar-refractivity contribution < 1.29 is 4.21 Å². The fourth-order valence-electron chi connectivity index (χ4n) is 1.64. The molecule has 1 aromatic heterocycles. The van der Waals surface area contributed by atoms with Crippen LogP contribution in [0.3, 0.4) is 0 Å². The Hall–Kier alpha value is -1.01. The molecule has 0 amide bonds. The molecule has 0 atom stereocenters. The Labute approximate surface area is 97.5 Å². The molecule has 16 heavy (non-hydrogen) atoms. The number of aromatic nitrogens is 2. The summed E-state index contributed by atoms with van der Waals surface area (Å²) in [6.07, 6.45) is 4.45. The first-order valence-corrected chi connectivity index (χ1v) is 6.89. The second-order valence-electron chi connectivity index (χ2n) is 3.77. The Morgan fingerprint density at radius 3 is 2.50 bits per heavy atom. The van der Waals surface area contributed by atoms with Crippen LogP contribution in [-0.4, -0.2) is 45.3 Å². The van der Waals surface area contributed by atoms with Gasteiger partial charge in [-0.05, 0) is 18.5 Å². The number of nitrogens with two attached hydrogens (primary N) is 1. The molecule has 0 spiro atoms. The number of anilines is 1. The van der Waals surface area contributed by atoms with Gasteiger partial charge >= 0.3 is 0 Å². The van der Waals surface area contributed by atoms with Gasteiger partial charge in [0.05, 0.1) is 0 Å². The van der Waals surface area contributed by atoms with Crippen molar-refractivity contribution in [2.75, 3.05) is 36.0 Å². The third-order valence-corrected chi connectivity index (χ3v) is 3.86. The lowest BCUT2D eigenvalue weighted by Gasteiger charge is -2.26. The molecule has 1 aliphatic heterocycles. The fourth-order valence-corrected chi connectivity index (χ4v) is 2.70. The molecule has 1 fully saturated rings. The maximum atomic E-state index is 11.2. The second-order valence-corrected chi connectivity index (χ2v) is 5.46. The Balaban J connectivity index is 2.01. The van der Waals surface area contributed by atoms with Gasteiger partial charge < -0.3 is 10.6 Å². The maximum Gasteiger partial charge on any atom is 0.225 e. The fraction of sp³-hybridized carbons (Fsp3) is 0.600. The molecule has 88 valence electrons. The predicted octanol–water partition coefficient (Wildman–Crippen LogP) is -0.454. The third kappa shape index (κ3) is 2.76. The Kier molecular flexibility index (Phi) is 3.84. The molecule has 1 aromatic rings. The van der Waals surface area contributed by atoms with Crippen LogP contribution in [0.2, 0.25) is 0 Å². The molecule has 2 N–H and O–H groups in total. The van der Waals surface area contributed by atoms with Crippen molar-refractivity contribution in [2.45, 2.75) is 6.42 Å². The average molecular weight is 240 g/mol. The zero-order valence-corrected chi connectivity index (χ0v) is 9.95. The minimum Gasteiger partial charge on any atom is -0.339 e. The lowest BCUT2D eigenvalue weighted by Crippen LogP contribution is -2.38. The van der Waals surface area contributed by atoms with E-state index >= 15 is 0 Å².